The van der Waals surface area contributed by atoms with Crippen molar-refractivity contribution in [2.45, 2.75) is 13.0 Å². The number of aromatic nitrogens is 1. The zero-order valence-electron chi connectivity index (χ0n) is 10.6. The zero-order valence-corrected chi connectivity index (χ0v) is 11.4. The molecule has 0 bridgehead atoms. The SMILES string of the molecule is C[C@@H](N)c1cccnc1Oc1cc(Cl)ccc1[N+](=O)[O-]. The van der Waals surface area contributed by atoms with E-state index in [2.05, 4.69) is 4.98 Å². The minimum Gasteiger partial charge on any atom is -0.431 e. The number of pyridine rings is 1. The summed E-state index contributed by atoms with van der Waals surface area (Å²) in [6.07, 6.45) is 1.53. The van der Waals surface area contributed by atoms with E-state index in [-0.39, 0.29) is 23.4 Å². The Labute approximate surface area is 120 Å². The van der Waals surface area contributed by atoms with Gasteiger partial charge in [-0.25, -0.2) is 4.98 Å². The number of nitrogens with zero attached hydrogens (tertiary/aromatic N) is 2. The van der Waals surface area contributed by atoms with Crippen LogP contribution in [0.3, 0.4) is 0 Å². The molecule has 1 atom stereocenters. The number of benzene rings is 1. The highest BCUT2D eigenvalue weighted by atomic mass is 35.5. The third kappa shape index (κ3) is 3.04. The van der Waals surface area contributed by atoms with Crippen molar-refractivity contribution in [1.82, 2.24) is 4.98 Å². The highest BCUT2D eigenvalue weighted by molar-refractivity contribution is 6.30. The summed E-state index contributed by atoms with van der Waals surface area (Å²) in [6, 6.07) is 7.25. The van der Waals surface area contributed by atoms with Crippen LogP contribution in [0.4, 0.5) is 5.69 Å². The first-order valence-electron chi connectivity index (χ1n) is 5.81. The molecule has 7 heteroatoms. The minimum atomic E-state index is -0.542. The van der Waals surface area contributed by atoms with E-state index in [1.807, 2.05) is 0 Å². The lowest BCUT2D eigenvalue weighted by Gasteiger charge is -2.12. The van der Waals surface area contributed by atoms with Gasteiger partial charge in [0.25, 0.3) is 0 Å². The third-order valence-electron chi connectivity index (χ3n) is 2.62. The van der Waals surface area contributed by atoms with Crippen LogP contribution >= 0.6 is 11.6 Å². The number of hydrogen-bond acceptors (Lipinski definition) is 5. The van der Waals surface area contributed by atoms with Crippen LogP contribution in [0.1, 0.15) is 18.5 Å². The molecule has 2 rings (SSSR count). The van der Waals surface area contributed by atoms with Gasteiger partial charge in [-0.05, 0) is 19.1 Å². The van der Waals surface area contributed by atoms with Crippen molar-refractivity contribution >= 4 is 17.3 Å². The van der Waals surface area contributed by atoms with Crippen molar-refractivity contribution in [1.29, 1.82) is 0 Å². The van der Waals surface area contributed by atoms with E-state index < -0.39 is 4.92 Å². The summed E-state index contributed by atoms with van der Waals surface area (Å²) in [4.78, 5) is 14.5. The van der Waals surface area contributed by atoms with Crippen molar-refractivity contribution in [2.24, 2.45) is 5.73 Å². The molecule has 1 aromatic carbocycles. The Morgan fingerprint density at radius 1 is 1.45 bits per heavy atom. The molecule has 0 amide bonds. The van der Waals surface area contributed by atoms with Gasteiger partial charge in [0.05, 0.1) is 4.92 Å². The second-order valence-electron chi connectivity index (χ2n) is 4.16. The summed E-state index contributed by atoms with van der Waals surface area (Å²) < 4.78 is 5.53. The fourth-order valence-electron chi connectivity index (χ4n) is 1.66. The van der Waals surface area contributed by atoms with Gasteiger partial charge >= 0.3 is 5.69 Å². The monoisotopic (exact) mass is 293 g/mol. The minimum absolute atomic E-state index is 0.0306. The molecule has 6 nitrogen and oxygen atoms in total. The van der Waals surface area contributed by atoms with Crippen LogP contribution in [0.2, 0.25) is 5.02 Å². The summed E-state index contributed by atoms with van der Waals surface area (Å²) in [5.41, 5.74) is 6.29. The molecule has 0 aliphatic rings. The number of nitro groups is 1. The lowest BCUT2D eigenvalue weighted by molar-refractivity contribution is -0.385. The fraction of sp³-hybridized carbons (Fsp3) is 0.154. The van der Waals surface area contributed by atoms with E-state index in [0.717, 1.165) is 0 Å². The molecule has 0 unspecified atom stereocenters. The van der Waals surface area contributed by atoms with Crippen LogP contribution in [0.15, 0.2) is 36.5 Å². The Bertz CT molecular complexity index is 647. The zero-order chi connectivity index (χ0) is 14.7. The van der Waals surface area contributed by atoms with Crippen LogP contribution in [-0.4, -0.2) is 9.91 Å². The number of rotatable bonds is 4. The second kappa shape index (κ2) is 5.85. The summed E-state index contributed by atoms with van der Waals surface area (Å²) >= 11 is 5.84. The standard InChI is InChI=1S/C13H12ClN3O3/c1-8(15)10-3-2-6-16-13(10)20-12-7-9(14)4-5-11(12)17(18)19/h2-8H,15H2,1H3/t8-/m1/s1. The Morgan fingerprint density at radius 2 is 2.20 bits per heavy atom. The largest absolute Gasteiger partial charge is 0.431 e. The molecule has 0 saturated carbocycles. The van der Waals surface area contributed by atoms with E-state index in [9.17, 15) is 10.1 Å². The Hall–Kier alpha value is -2.18. The molecular weight excluding hydrogens is 282 g/mol. The predicted octanol–water partition coefficient (Wildman–Crippen LogP) is 3.46. The second-order valence-corrected chi connectivity index (χ2v) is 4.59. The molecule has 1 aromatic heterocycles. The summed E-state index contributed by atoms with van der Waals surface area (Å²) in [7, 11) is 0. The molecule has 0 fully saturated rings. The molecule has 0 aliphatic heterocycles. The number of nitro benzene ring substituents is 1. The summed E-state index contributed by atoms with van der Waals surface area (Å²) in [5, 5.41) is 11.3. The number of ether oxygens (including phenoxy) is 1. The van der Waals surface area contributed by atoms with Gasteiger partial charge in [-0.1, -0.05) is 17.7 Å². The molecule has 2 N–H and O–H groups in total. The maximum atomic E-state index is 11.0. The maximum Gasteiger partial charge on any atom is 0.311 e. The van der Waals surface area contributed by atoms with Crippen molar-refractivity contribution in [2.75, 3.05) is 0 Å². The van der Waals surface area contributed by atoms with Crippen LogP contribution in [0.25, 0.3) is 0 Å². The highest BCUT2D eigenvalue weighted by Gasteiger charge is 2.18. The van der Waals surface area contributed by atoms with Crippen LogP contribution in [0, 0.1) is 10.1 Å². The average molecular weight is 294 g/mol. The lowest BCUT2D eigenvalue weighted by atomic mass is 10.1. The first-order chi connectivity index (χ1) is 9.49. The molecule has 0 spiro atoms. The van der Waals surface area contributed by atoms with Gasteiger partial charge in [0, 0.05) is 35.0 Å². The van der Waals surface area contributed by atoms with Gasteiger partial charge in [0.1, 0.15) is 0 Å². The highest BCUT2D eigenvalue weighted by Crippen LogP contribution is 2.34. The molecule has 20 heavy (non-hydrogen) atoms. The Kier molecular flexibility index (Phi) is 4.16. The van der Waals surface area contributed by atoms with E-state index in [1.54, 1.807) is 19.1 Å². The first kappa shape index (κ1) is 14.2. The van der Waals surface area contributed by atoms with Crippen molar-refractivity contribution in [3.8, 4) is 11.6 Å². The van der Waals surface area contributed by atoms with Gasteiger partial charge in [-0.2, -0.15) is 0 Å². The quantitative estimate of drug-likeness (QED) is 0.688. The fourth-order valence-corrected chi connectivity index (χ4v) is 1.82. The lowest BCUT2D eigenvalue weighted by Crippen LogP contribution is -2.07. The number of hydrogen-bond donors (Lipinski definition) is 1. The van der Waals surface area contributed by atoms with Gasteiger partial charge < -0.3 is 10.5 Å². The Morgan fingerprint density at radius 3 is 2.85 bits per heavy atom. The number of halogens is 1. The summed E-state index contributed by atoms with van der Waals surface area (Å²) in [6.45, 7) is 1.77. The van der Waals surface area contributed by atoms with E-state index >= 15 is 0 Å². The first-order valence-corrected chi connectivity index (χ1v) is 6.19. The molecular formula is C13H12ClN3O3. The molecule has 0 saturated heterocycles. The smallest absolute Gasteiger partial charge is 0.311 e. The molecule has 2 aromatic rings. The maximum absolute atomic E-state index is 11.0. The molecule has 1 heterocycles. The van der Waals surface area contributed by atoms with Crippen molar-refractivity contribution < 1.29 is 9.66 Å². The van der Waals surface area contributed by atoms with E-state index in [0.29, 0.717) is 10.6 Å². The van der Waals surface area contributed by atoms with Crippen LogP contribution < -0.4 is 10.5 Å². The van der Waals surface area contributed by atoms with Gasteiger partial charge in [-0.15, -0.1) is 0 Å². The van der Waals surface area contributed by atoms with Crippen LogP contribution in [0.5, 0.6) is 11.6 Å². The van der Waals surface area contributed by atoms with E-state index in [1.165, 1.54) is 24.4 Å². The molecule has 104 valence electrons. The van der Waals surface area contributed by atoms with Crippen LogP contribution in [-0.2, 0) is 0 Å². The van der Waals surface area contributed by atoms with Crippen molar-refractivity contribution in [3.05, 3.63) is 57.2 Å². The van der Waals surface area contributed by atoms with Crippen molar-refractivity contribution in [3.63, 3.8) is 0 Å². The van der Waals surface area contributed by atoms with Gasteiger partial charge in [0.2, 0.25) is 11.6 Å². The Balaban J connectivity index is 2.45. The summed E-state index contributed by atoms with van der Waals surface area (Å²) in [5.74, 6) is 0.260. The number of nitrogens with two attached hydrogens (primary N) is 1. The normalized spacial score (nSPS) is 11.9. The molecule has 0 radical (unpaired) electrons. The predicted molar refractivity (Wildman–Crippen MR) is 75.0 cm³/mol. The van der Waals surface area contributed by atoms with E-state index in [4.69, 9.17) is 22.1 Å². The average Bonchev–Trinajstić information content (AvgIpc) is 2.38. The van der Waals surface area contributed by atoms with Gasteiger partial charge in [0.15, 0.2) is 0 Å². The molecule has 0 aliphatic carbocycles. The third-order valence-corrected chi connectivity index (χ3v) is 2.85. The topological polar surface area (TPSA) is 91.3 Å². The van der Waals surface area contributed by atoms with Gasteiger partial charge in [-0.3, -0.25) is 10.1 Å².